The van der Waals surface area contributed by atoms with Gasteiger partial charge in [-0.3, -0.25) is 14.9 Å². The molecule has 15 heteroatoms. The molecule has 0 aliphatic carbocycles. The van der Waals surface area contributed by atoms with Gasteiger partial charge in [0, 0.05) is 26.4 Å². The summed E-state index contributed by atoms with van der Waals surface area (Å²) in [5, 5.41) is 24.2. The summed E-state index contributed by atoms with van der Waals surface area (Å²) in [6.45, 7) is 6.41. The van der Waals surface area contributed by atoms with Crippen LogP contribution in [0.25, 0.3) is 0 Å². The van der Waals surface area contributed by atoms with E-state index in [0.29, 0.717) is 24.0 Å². The van der Waals surface area contributed by atoms with Crippen molar-refractivity contribution < 1.29 is 48.4 Å². The van der Waals surface area contributed by atoms with Crippen molar-refractivity contribution in [2.24, 2.45) is 11.8 Å². The highest BCUT2D eigenvalue weighted by Gasteiger charge is 2.64. The Hall–Kier alpha value is -3.43. The number of carbonyl (C=O) groups is 5. The molecule has 0 aromatic heterocycles. The summed E-state index contributed by atoms with van der Waals surface area (Å²) in [6, 6.07) is 2.48. The van der Waals surface area contributed by atoms with Gasteiger partial charge < -0.3 is 39.0 Å². The molecule has 4 rings (SSSR count). The van der Waals surface area contributed by atoms with E-state index in [1.165, 1.54) is 48.7 Å². The number of aliphatic hydroxyl groups is 2. The number of likely N-dealkylation sites (N-methyl/N-ethyl adjacent to an activating group) is 1. The number of carbonyl (C=O) groups excluding carboxylic acids is 5. The Kier molecular flexibility index (Phi) is 12.5. The SMILES string of the molecule is CSCC(=O)N(C)[C@@H](C)C(=O)O[C@H]1CC(=O)N(C)c2cc(cc(CO)c2Cl)C/C(C)=C/C=C/[C@@H](C=O)[C@@]2(O)C[C@H](OC(=O)N2)[C@@H](C)[C@@H]2O[C@@]12C. The molecule has 0 unspecified atom stereocenters. The van der Waals surface area contributed by atoms with Crippen LogP contribution in [0.15, 0.2) is 35.9 Å². The Morgan fingerprint density at radius 2 is 2.02 bits per heavy atom. The largest absolute Gasteiger partial charge is 0.457 e. The monoisotopic (exact) mass is 735 g/mol. The molecule has 8 atom stereocenters. The summed E-state index contributed by atoms with van der Waals surface area (Å²) in [7, 11) is 3.03. The molecule has 3 aliphatic heterocycles. The minimum Gasteiger partial charge on any atom is -0.457 e. The van der Waals surface area contributed by atoms with Crippen molar-refractivity contribution in [3.05, 3.63) is 52.1 Å². The van der Waals surface area contributed by atoms with E-state index in [-0.39, 0.29) is 36.1 Å². The molecular weight excluding hydrogens is 690 g/mol. The summed E-state index contributed by atoms with van der Waals surface area (Å²) in [6.07, 6.45) is 3.34. The molecule has 274 valence electrons. The number of nitrogens with zero attached hydrogens (tertiary/aromatic N) is 2. The number of benzene rings is 1. The predicted octanol–water partition coefficient (Wildman–Crippen LogP) is 3.16. The van der Waals surface area contributed by atoms with E-state index in [4.69, 9.17) is 25.8 Å². The zero-order valence-corrected chi connectivity index (χ0v) is 30.9. The highest BCUT2D eigenvalue weighted by molar-refractivity contribution is 7.99. The fourth-order valence-corrected chi connectivity index (χ4v) is 7.19. The van der Waals surface area contributed by atoms with Crippen molar-refractivity contribution in [1.82, 2.24) is 10.2 Å². The molecule has 4 bridgehead atoms. The molecule has 2 fully saturated rings. The number of halogens is 1. The predicted molar refractivity (Wildman–Crippen MR) is 187 cm³/mol. The number of allylic oxidation sites excluding steroid dienone is 3. The molecular formula is C35H46ClN3O10S. The molecule has 1 aromatic rings. The van der Waals surface area contributed by atoms with Crippen LogP contribution in [0, 0.1) is 11.8 Å². The highest BCUT2D eigenvalue weighted by Crippen LogP contribution is 2.49. The van der Waals surface area contributed by atoms with Crippen LogP contribution in [-0.2, 0) is 46.4 Å². The Morgan fingerprint density at radius 1 is 1.32 bits per heavy atom. The van der Waals surface area contributed by atoms with Gasteiger partial charge in [0.25, 0.3) is 0 Å². The van der Waals surface area contributed by atoms with Crippen LogP contribution < -0.4 is 10.2 Å². The second-order valence-corrected chi connectivity index (χ2v) is 14.7. The van der Waals surface area contributed by atoms with Gasteiger partial charge in [-0.1, -0.05) is 48.4 Å². The van der Waals surface area contributed by atoms with Crippen molar-refractivity contribution in [3.63, 3.8) is 0 Å². The van der Waals surface area contributed by atoms with Gasteiger partial charge in [0.05, 0.1) is 41.5 Å². The van der Waals surface area contributed by atoms with Crippen LogP contribution in [0.4, 0.5) is 10.5 Å². The van der Waals surface area contributed by atoms with E-state index < -0.39 is 65.5 Å². The second-order valence-electron chi connectivity index (χ2n) is 13.5. The van der Waals surface area contributed by atoms with Crippen LogP contribution in [0.1, 0.15) is 51.7 Å². The van der Waals surface area contributed by atoms with Crippen molar-refractivity contribution >= 4 is 59.2 Å². The number of aldehydes is 1. The lowest BCUT2D eigenvalue weighted by Gasteiger charge is -2.41. The molecule has 0 spiro atoms. The Labute approximate surface area is 301 Å². The van der Waals surface area contributed by atoms with Crippen molar-refractivity contribution in [2.45, 2.75) is 89.2 Å². The van der Waals surface area contributed by atoms with Gasteiger partial charge in [-0.2, -0.15) is 11.8 Å². The van der Waals surface area contributed by atoms with E-state index in [9.17, 15) is 34.2 Å². The van der Waals surface area contributed by atoms with Crippen molar-refractivity contribution in [3.8, 4) is 0 Å². The average molecular weight is 736 g/mol. The number of esters is 1. The van der Waals surface area contributed by atoms with E-state index in [1.54, 1.807) is 44.4 Å². The third-order valence-electron chi connectivity index (χ3n) is 9.86. The first-order valence-corrected chi connectivity index (χ1v) is 18.1. The van der Waals surface area contributed by atoms with E-state index in [2.05, 4.69) is 5.32 Å². The maximum absolute atomic E-state index is 14.0. The van der Waals surface area contributed by atoms with E-state index in [1.807, 2.05) is 6.92 Å². The smallest absolute Gasteiger partial charge is 0.409 e. The summed E-state index contributed by atoms with van der Waals surface area (Å²) < 4.78 is 17.7. The number of hydrogen-bond donors (Lipinski definition) is 3. The number of rotatable bonds is 7. The number of amides is 3. The standard InChI is InChI=1S/C35H46ClN3O10S/c1-19-9-8-10-24(17-41)35(46)15-26(47-33(45)37-35)20(2)31-34(4,49-31)27(48-32(44)21(3)38(5)29(43)18-50-7)14-28(42)39(6)25-13-22(11-19)12-23(16-40)30(25)36/h8-10,12-13,17,20-21,24,26-27,31,40,46H,11,14-16,18H2,1-7H3,(H,37,45)/b10-8+,19-9+/t20-,21+,24+,26+,27+,31+,34+,35+/m1/s1. The molecule has 0 saturated carbocycles. The molecule has 0 radical (unpaired) electrons. The molecule has 3 N–H and O–H groups in total. The average Bonchev–Trinajstić information content (AvgIpc) is 3.76. The van der Waals surface area contributed by atoms with Gasteiger partial charge in [-0.15, -0.1) is 0 Å². The number of anilines is 1. The number of hydrogen-bond acceptors (Lipinski definition) is 11. The first-order chi connectivity index (χ1) is 23.5. The third kappa shape index (κ3) is 8.37. The fraction of sp³-hybridized carbons (Fsp3) is 0.571. The number of epoxide rings is 1. The van der Waals surface area contributed by atoms with Crippen LogP contribution in [-0.4, -0.2) is 107 Å². The lowest BCUT2D eigenvalue weighted by atomic mass is 9.82. The summed E-state index contributed by atoms with van der Waals surface area (Å²) in [5.41, 5.74) is -0.908. The molecule has 2 saturated heterocycles. The van der Waals surface area contributed by atoms with Gasteiger partial charge in [0.2, 0.25) is 11.8 Å². The lowest BCUT2D eigenvalue weighted by Crippen LogP contribution is -2.61. The topological polar surface area (TPSA) is 175 Å². The first-order valence-electron chi connectivity index (χ1n) is 16.3. The number of nitrogens with one attached hydrogen (secondary N) is 1. The van der Waals surface area contributed by atoms with Gasteiger partial charge in [0.15, 0.2) is 5.72 Å². The normalized spacial score (nSPS) is 32.3. The minimum atomic E-state index is -1.97. The number of thioether (sulfide) groups is 1. The Balaban J connectivity index is 1.78. The maximum atomic E-state index is 14.0. The summed E-state index contributed by atoms with van der Waals surface area (Å²) in [4.78, 5) is 67.7. The number of aliphatic hydroxyl groups excluding tert-OH is 1. The molecule has 3 heterocycles. The minimum absolute atomic E-state index is 0.161. The van der Waals surface area contributed by atoms with Crippen LogP contribution >= 0.6 is 23.4 Å². The van der Waals surface area contributed by atoms with Crippen LogP contribution in [0.3, 0.4) is 0 Å². The zero-order chi connectivity index (χ0) is 37.1. The lowest BCUT2D eigenvalue weighted by molar-refractivity contribution is -0.161. The van der Waals surface area contributed by atoms with Crippen LogP contribution in [0.5, 0.6) is 0 Å². The molecule has 1 aromatic carbocycles. The van der Waals surface area contributed by atoms with E-state index in [0.717, 1.165) is 11.1 Å². The van der Waals surface area contributed by atoms with Gasteiger partial charge in [0.1, 0.15) is 30.1 Å². The molecule has 3 aliphatic rings. The summed E-state index contributed by atoms with van der Waals surface area (Å²) in [5.74, 6) is -3.06. The van der Waals surface area contributed by atoms with Gasteiger partial charge in [-0.25, -0.2) is 9.59 Å². The number of ether oxygens (including phenoxy) is 3. The fourth-order valence-electron chi connectivity index (χ4n) is 6.44. The second kappa shape index (κ2) is 15.9. The number of alkyl carbamates (subject to hydrolysis) is 1. The van der Waals surface area contributed by atoms with Crippen LogP contribution in [0.2, 0.25) is 5.02 Å². The number of fused-ring (bicyclic) bond motifs is 5. The third-order valence-corrected chi connectivity index (χ3v) is 10.8. The highest BCUT2D eigenvalue weighted by atomic mass is 35.5. The molecule has 50 heavy (non-hydrogen) atoms. The molecule has 3 amide bonds. The van der Waals surface area contributed by atoms with Crippen molar-refractivity contribution in [1.29, 1.82) is 0 Å². The summed E-state index contributed by atoms with van der Waals surface area (Å²) >= 11 is 7.99. The molecule has 13 nitrogen and oxygen atoms in total. The van der Waals surface area contributed by atoms with Crippen molar-refractivity contribution in [2.75, 3.05) is 31.0 Å². The Morgan fingerprint density at radius 3 is 2.66 bits per heavy atom. The zero-order valence-electron chi connectivity index (χ0n) is 29.3. The Bertz CT molecular complexity index is 1570. The van der Waals surface area contributed by atoms with Gasteiger partial charge >= 0.3 is 12.1 Å². The quantitative estimate of drug-likeness (QED) is 0.213. The first kappa shape index (κ1) is 39.4. The van der Waals surface area contributed by atoms with E-state index >= 15 is 0 Å². The van der Waals surface area contributed by atoms with Gasteiger partial charge in [-0.05, 0) is 50.6 Å². The maximum Gasteiger partial charge on any atom is 0.409 e.